The number of ether oxygens (including phenoxy) is 1. The van der Waals surface area contributed by atoms with E-state index in [0.29, 0.717) is 17.2 Å². The van der Waals surface area contributed by atoms with E-state index >= 15 is 0 Å². The average Bonchev–Trinajstić information content (AvgIpc) is 2.71. The van der Waals surface area contributed by atoms with E-state index in [-0.39, 0.29) is 6.09 Å². The van der Waals surface area contributed by atoms with Crippen LogP contribution in [0.5, 0.6) is 0 Å². The van der Waals surface area contributed by atoms with Gasteiger partial charge in [-0.05, 0) is 65.2 Å². The molecule has 2 rings (SSSR count). The first-order chi connectivity index (χ1) is 14.2. The Morgan fingerprint density at radius 2 is 2.00 bits per heavy atom. The smallest absolute Gasteiger partial charge is 0.410 e. The first kappa shape index (κ1) is 25.0. The zero-order valence-corrected chi connectivity index (χ0v) is 20.4. The standard InChI is InChI=1S/C22H42N4O3S/c1-6-30(28)19-11-7-10-18(15-19)25-20(23-5)24-13-12-17-9-8-14-26(16-17)21(27)29-22(2,3)4/h17-19H,6-16H2,1-5H3,(H2,23,24,25). The van der Waals surface area contributed by atoms with E-state index in [1.54, 1.807) is 7.05 Å². The molecule has 1 aliphatic heterocycles. The third kappa shape index (κ3) is 8.44. The highest BCUT2D eigenvalue weighted by Crippen LogP contribution is 2.23. The van der Waals surface area contributed by atoms with Gasteiger partial charge in [0.1, 0.15) is 5.60 Å². The maximum atomic E-state index is 12.3. The number of nitrogens with one attached hydrogen (secondary N) is 2. The number of carbonyl (C=O) groups is 1. The van der Waals surface area contributed by atoms with E-state index in [1.165, 1.54) is 0 Å². The van der Waals surface area contributed by atoms with E-state index in [2.05, 4.69) is 15.6 Å². The third-order valence-corrected chi connectivity index (χ3v) is 7.60. The molecule has 8 heteroatoms. The number of carbonyl (C=O) groups excluding carboxylic acids is 1. The van der Waals surface area contributed by atoms with Crippen LogP contribution in [0.1, 0.15) is 72.6 Å². The second kappa shape index (κ2) is 11.9. The molecule has 4 unspecified atom stereocenters. The maximum absolute atomic E-state index is 12.3. The Balaban J connectivity index is 1.74. The molecule has 0 bridgehead atoms. The van der Waals surface area contributed by atoms with Crippen molar-refractivity contribution in [1.29, 1.82) is 0 Å². The van der Waals surface area contributed by atoms with Crippen molar-refractivity contribution >= 4 is 22.9 Å². The van der Waals surface area contributed by atoms with Crippen LogP contribution >= 0.6 is 0 Å². The van der Waals surface area contributed by atoms with Crippen LogP contribution in [0.2, 0.25) is 0 Å². The molecule has 1 saturated carbocycles. The number of aliphatic imine (C=N–C) groups is 1. The molecule has 1 heterocycles. The van der Waals surface area contributed by atoms with Gasteiger partial charge in [0.15, 0.2) is 5.96 Å². The fraction of sp³-hybridized carbons (Fsp3) is 0.909. The molecule has 7 nitrogen and oxygen atoms in total. The summed E-state index contributed by atoms with van der Waals surface area (Å²) < 4.78 is 17.7. The van der Waals surface area contributed by atoms with Crippen LogP contribution in [-0.4, -0.2) is 70.5 Å². The summed E-state index contributed by atoms with van der Waals surface area (Å²) in [5.41, 5.74) is -0.453. The van der Waals surface area contributed by atoms with Crippen molar-refractivity contribution in [2.75, 3.05) is 32.4 Å². The maximum Gasteiger partial charge on any atom is 0.410 e. The van der Waals surface area contributed by atoms with E-state index in [4.69, 9.17) is 4.74 Å². The number of guanidine groups is 1. The summed E-state index contributed by atoms with van der Waals surface area (Å²) in [6, 6.07) is 0.336. The summed E-state index contributed by atoms with van der Waals surface area (Å²) in [6.07, 6.45) is 7.20. The fourth-order valence-electron chi connectivity index (χ4n) is 4.33. The molecule has 1 saturated heterocycles. The molecule has 2 N–H and O–H groups in total. The highest BCUT2D eigenvalue weighted by molar-refractivity contribution is 7.85. The van der Waals surface area contributed by atoms with E-state index in [9.17, 15) is 9.00 Å². The zero-order valence-electron chi connectivity index (χ0n) is 19.5. The van der Waals surface area contributed by atoms with Gasteiger partial charge in [-0.15, -0.1) is 0 Å². The van der Waals surface area contributed by atoms with Crippen molar-refractivity contribution < 1.29 is 13.7 Å². The summed E-state index contributed by atoms with van der Waals surface area (Å²) >= 11 is 0. The molecule has 0 aromatic heterocycles. The molecule has 4 atom stereocenters. The Hall–Kier alpha value is -1.31. The van der Waals surface area contributed by atoms with Crippen LogP contribution in [0.3, 0.4) is 0 Å². The molecule has 0 spiro atoms. The van der Waals surface area contributed by atoms with Crippen LogP contribution < -0.4 is 10.6 Å². The quantitative estimate of drug-likeness (QED) is 0.487. The molecule has 0 aromatic carbocycles. The summed E-state index contributed by atoms with van der Waals surface area (Å²) in [7, 11) is 1.08. The molecule has 2 aliphatic rings. The van der Waals surface area contributed by atoms with Crippen LogP contribution in [0, 0.1) is 5.92 Å². The molecular formula is C22H42N4O3S. The highest BCUT2D eigenvalue weighted by Gasteiger charge is 2.28. The van der Waals surface area contributed by atoms with Crippen molar-refractivity contribution in [1.82, 2.24) is 15.5 Å². The number of amides is 1. The largest absolute Gasteiger partial charge is 0.444 e. The molecule has 0 radical (unpaired) electrons. The molecule has 1 aliphatic carbocycles. The Morgan fingerprint density at radius 1 is 1.23 bits per heavy atom. The first-order valence-corrected chi connectivity index (χ1v) is 12.9. The Labute approximate surface area is 185 Å². The molecule has 2 fully saturated rings. The molecule has 0 aromatic rings. The minimum Gasteiger partial charge on any atom is -0.444 e. The Morgan fingerprint density at radius 3 is 2.67 bits per heavy atom. The molecule has 1 amide bonds. The lowest BCUT2D eigenvalue weighted by molar-refractivity contribution is 0.0162. The summed E-state index contributed by atoms with van der Waals surface area (Å²) in [5, 5.41) is 7.26. The van der Waals surface area contributed by atoms with Gasteiger partial charge in [-0.25, -0.2) is 4.79 Å². The van der Waals surface area contributed by atoms with E-state index in [0.717, 1.165) is 76.3 Å². The minimum absolute atomic E-state index is 0.200. The van der Waals surface area contributed by atoms with Crippen molar-refractivity contribution in [2.45, 2.75) is 89.5 Å². The topological polar surface area (TPSA) is 83.0 Å². The molecule has 30 heavy (non-hydrogen) atoms. The lowest BCUT2D eigenvalue weighted by Gasteiger charge is -2.34. The van der Waals surface area contributed by atoms with E-state index < -0.39 is 16.4 Å². The van der Waals surface area contributed by atoms with Gasteiger partial charge in [0.2, 0.25) is 0 Å². The van der Waals surface area contributed by atoms with Crippen LogP contribution in [0.4, 0.5) is 4.79 Å². The van der Waals surface area contributed by atoms with Gasteiger partial charge in [-0.3, -0.25) is 9.20 Å². The molecule has 174 valence electrons. The zero-order chi connectivity index (χ0) is 22.1. The Kier molecular flexibility index (Phi) is 9.91. The molecular weight excluding hydrogens is 400 g/mol. The lowest BCUT2D eigenvalue weighted by Crippen LogP contribution is -2.47. The number of rotatable bonds is 6. The van der Waals surface area contributed by atoms with Gasteiger partial charge in [0.05, 0.1) is 0 Å². The van der Waals surface area contributed by atoms with Crippen LogP contribution in [0.15, 0.2) is 4.99 Å². The van der Waals surface area contributed by atoms with Crippen molar-refractivity contribution in [3.8, 4) is 0 Å². The number of nitrogens with zero attached hydrogens (tertiary/aromatic N) is 2. The van der Waals surface area contributed by atoms with Gasteiger partial charge in [-0.1, -0.05) is 13.3 Å². The van der Waals surface area contributed by atoms with Crippen molar-refractivity contribution in [2.24, 2.45) is 10.9 Å². The average molecular weight is 443 g/mol. The van der Waals surface area contributed by atoms with Gasteiger partial charge < -0.3 is 20.3 Å². The van der Waals surface area contributed by atoms with Gasteiger partial charge in [0, 0.05) is 54.5 Å². The van der Waals surface area contributed by atoms with E-state index in [1.807, 2.05) is 32.6 Å². The normalized spacial score (nSPS) is 26.8. The van der Waals surface area contributed by atoms with Gasteiger partial charge in [0.25, 0.3) is 0 Å². The van der Waals surface area contributed by atoms with Crippen molar-refractivity contribution in [3.05, 3.63) is 0 Å². The summed E-state index contributed by atoms with van der Waals surface area (Å²) in [4.78, 5) is 18.6. The third-order valence-electron chi connectivity index (χ3n) is 5.86. The summed E-state index contributed by atoms with van der Waals surface area (Å²) in [6.45, 7) is 10.1. The lowest BCUT2D eigenvalue weighted by atomic mass is 9.95. The second-order valence-corrected chi connectivity index (χ2v) is 11.5. The number of likely N-dealkylation sites (tertiary alicyclic amines) is 1. The monoisotopic (exact) mass is 442 g/mol. The second-order valence-electron chi connectivity index (χ2n) is 9.52. The summed E-state index contributed by atoms with van der Waals surface area (Å²) in [5.74, 6) is 2.04. The number of hydrogen-bond acceptors (Lipinski definition) is 4. The fourth-order valence-corrected chi connectivity index (χ4v) is 5.67. The first-order valence-electron chi connectivity index (χ1n) is 11.5. The van der Waals surface area contributed by atoms with Gasteiger partial charge >= 0.3 is 6.09 Å². The number of hydrogen-bond donors (Lipinski definition) is 2. The minimum atomic E-state index is -0.716. The van der Waals surface area contributed by atoms with Crippen LogP contribution in [-0.2, 0) is 15.5 Å². The predicted octanol–water partition coefficient (Wildman–Crippen LogP) is 3.27. The predicted molar refractivity (Wildman–Crippen MR) is 124 cm³/mol. The Bertz CT molecular complexity index is 606. The highest BCUT2D eigenvalue weighted by atomic mass is 32.2. The van der Waals surface area contributed by atoms with Gasteiger partial charge in [-0.2, -0.15) is 0 Å². The SMILES string of the molecule is CCS(=O)C1CCCC(NC(=NC)NCCC2CCCN(C(=O)OC(C)(C)C)C2)C1. The number of piperidine rings is 1. The van der Waals surface area contributed by atoms with Crippen molar-refractivity contribution in [3.63, 3.8) is 0 Å². The van der Waals surface area contributed by atoms with Crippen LogP contribution in [0.25, 0.3) is 0 Å².